The lowest BCUT2D eigenvalue weighted by atomic mass is 9.85. The topological polar surface area (TPSA) is 80.5 Å². The molecule has 3 atom stereocenters. The Morgan fingerprint density at radius 2 is 1.81 bits per heavy atom. The first kappa shape index (κ1) is 24.9. The summed E-state index contributed by atoms with van der Waals surface area (Å²) in [6.07, 6.45) is 8.26. The van der Waals surface area contributed by atoms with Crippen LogP contribution in [-0.4, -0.2) is 50.2 Å². The van der Waals surface area contributed by atoms with Gasteiger partial charge in [0.05, 0.1) is 23.9 Å². The lowest BCUT2D eigenvalue weighted by Gasteiger charge is -2.44. The third-order valence-electron chi connectivity index (χ3n) is 7.50. The number of likely N-dealkylation sites (tertiary alicyclic amines) is 1. The minimum absolute atomic E-state index is 0.0374. The number of aliphatic hydroxyl groups is 1. The molecule has 2 aromatic carbocycles. The Labute approximate surface area is 217 Å². The van der Waals surface area contributed by atoms with Gasteiger partial charge in [-0.25, -0.2) is 9.48 Å². The van der Waals surface area contributed by atoms with Crippen LogP contribution in [0.2, 0.25) is 5.02 Å². The molecule has 2 aliphatic rings. The molecule has 1 saturated heterocycles. The van der Waals surface area contributed by atoms with Crippen LogP contribution in [0.5, 0.6) is 0 Å². The van der Waals surface area contributed by atoms with E-state index in [1.54, 1.807) is 35.1 Å². The second kappa shape index (κ2) is 11.5. The standard InChI is InChI=1S/C28H33ClN4O3/c29-23-13-11-21(12-14-23)25-15-27(34)26(18-32(25)16-20-7-3-1-4-8-20)33-17-24(30-31-33)19-36-28(35)22-9-5-2-6-10-22/h2,5-6,9-14,17,20,25-27,34H,1,3-4,7-8,15-16,18-19H2/t25-,26-,27+/m1/s1. The summed E-state index contributed by atoms with van der Waals surface area (Å²) in [4.78, 5) is 14.8. The number of nitrogens with zero attached hydrogens (tertiary/aromatic N) is 4. The average Bonchev–Trinajstić information content (AvgIpc) is 3.38. The third kappa shape index (κ3) is 5.97. The number of hydrogen-bond donors (Lipinski definition) is 1. The van der Waals surface area contributed by atoms with E-state index in [1.165, 1.54) is 37.7 Å². The smallest absolute Gasteiger partial charge is 0.338 e. The number of hydrogen-bond acceptors (Lipinski definition) is 6. The molecule has 36 heavy (non-hydrogen) atoms. The highest BCUT2D eigenvalue weighted by Crippen LogP contribution is 2.38. The number of esters is 1. The molecule has 0 amide bonds. The Kier molecular flexibility index (Phi) is 7.99. The van der Waals surface area contributed by atoms with E-state index < -0.39 is 12.1 Å². The number of carbonyl (C=O) groups is 1. The molecule has 190 valence electrons. The van der Waals surface area contributed by atoms with E-state index in [9.17, 15) is 9.90 Å². The van der Waals surface area contributed by atoms with Crippen LogP contribution in [0.1, 0.15) is 72.2 Å². The quantitative estimate of drug-likeness (QED) is 0.441. The van der Waals surface area contributed by atoms with Crippen molar-refractivity contribution < 1.29 is 14.6 Å². The Bertz CT molecular complexity index is 1130. The van der Waals surface area contributed by atoms with Gasteiger partial charge in [0.2, 0.25) is 0 Å². The molecule has 5 rings (SSSR count). The van der Waals surface area contributed by atoms with Gasteiger partial charge in [0.1, 0.15) is 12.3 Å². The fourth-order valence-electron chi connectivity index (χ4n) is 5.56. The number of aliphatic hydroxyl groups excluding tert-OH is 1. The number of carbonyl (C=O) groups excluding carboxylic acids is 1. The van der Waals surface area contributed by atoms with Crippen molar-refractivity contribution in [1.29, 1.82) is 0 Å². The Morgan fingerprint density at radius 1 is 1.06 bits per heavy atom. The third-order valence-corrected chi connectivity index (χ3v) is 7.75. The molecule has 8 heteroatoms. The summed E-state index contributed by atoms with van der Waals surface area (Å²) >= 11 is 6.14. The van der Waals surface area contributed by atoms with Crippen LogP contribution >= 0.6 is 11.6 Å². The van der Waals surface area contributed by atoms with Gasteiger partial charge >= 0.3 is 5.97 Å². The number of piperidine rings is 1. The zero-order chi connectivity index (χ0) is 24.9. The molecule has 3 aromatic rings. The molecule has 1 N–H and O–H groups in total. The van der Waals surface area contributed by atoms with Crippen molar-refractivity contribution in [3.63, 3.8) is 0 Å². The molecule has 0 radical (unpaired) electrons. The van der Waals surface area contributed by atoms with E-state index in [2.05, 4.69) is 27.3 Å². The molecule has 2 heterocycles. The highest BCUT2D eigenvalue weighted by atomic mass is 35.5. The van der Waals surface area contributed by atoms with E-state index in [1.807, 2.05) is 18.2 Å². The Hall–Kier alpha value is -2.74. The summed E-state index contributed by atoms with van der Waals surface area (Å²) in [6, 6.07) is 16.8. The second-order valence-electron chi connectivity index (χ2n) is 10.0. The van der Waals surface area contributed by atoms with E-state index in [-0.39, 0.29) is 18.7 Å². The monoisotopic (exact) mass is 508 g/mol. The SMILES string of the molecule is O=C(OCc1cn([C@@H]2CN(CC3CCCCC3)[C@@H](c3ccc(Cl)cc3)C[C@@H]2O)nn1)c1ccccc1. The van der Waals surface area contributed by atoms with Gasteiger partial charge < -0.3 is 9.84 Å². The number of ether oxygens (including phenoxy) is 1. The minimum atomic E-state index is -0.574. The fourth-order valence-corrected chi connectivity index (χ4v) is 5.68. The van der Waals surface area contributed by atoms with Gasteiger partial charge in [0.25, 0.3) is 0 Å². The normalized spacial score (nSPS) is 23.4. The Balaban J connectivity index is 1.29. The van der Waals surface area contributed by atoms with Crippen LogP contribution in [0.25, 0.3) is 0 Å². The highest BCUT2D eigenvalue weighted by Gasteiger charge is 2.38. The molecule has 7 nitrogen and oxygen atoms in total. The van der Waals surface area contributed by atoms with Crippen LogP contribution in [0.3, 0.4) is 0 Å². The molecular weight excluding hydrogens is 476 g/mol. The van der Waals surface area contributed by atoms with Crippen LogP contribution < -0.4 is 0 Å². The maximum absolute atomic E-state index is 12.3. The molecule has 0 bridgehead atoms. The van der Waals surface area contributed by atoms with E-state index in [4.69, 9.17) is 16.3 Å². The summed E-state index contributed by atoms with van der Waals surface area (Å²) < 4.78 is 7.15. The van der Waals surface area contributed by atoms with Crippen molar-refractivity contribution in [2.24, 2.45) is 5.92 Å². The summed E-state index contributed by atoms with van der Waals surface area (Å²) in [7, 11) is 0. The van der Waals surface area contributed by atoms with Crippen molar-refractivity contribution >= 4 is 17.6 Å². The van der Waals surface area contributed by atoms with Gasteiger partial charge in [-0.1, -0.05) is 66.4 Å². The van der Waals surface area contributed by atoms with Crippen LogP contribution in [0.15, 0.2) is 60.8 Å². The number of rotatable bonds is 7. The van der Waals surface area contributed by atoms with Crippen molar-refractivity contribution in [1.82, 2.24) is 19.9 Å². The molecule has 2 fully saturated rings. The highest BCUT2D eigenvalue weighted by molar-refractivity contribution is 6.30. The van der Waals surface area contributed by atoms with Crippen molar-refractivity contribution in [2.45, 2.75) is 63.3 Å². The van der Waals surface area contributed by atoms with Gasteiger partial charge in [0, 0.05) is 24.2 Å². The maximum Gasteiger partial charge on any atom is 0.338 e. The van der Waals surface area contributed by atoms with Gasteiger partial charge in [-0.15, -0.1) is 5.10 Å². The number of aromatic nitrogens is 3. The van der Waals surface area contributed by atoms with E-state index >= 15 is 0 Å². The van der Waals surface area contributed by atoms with E-state index in [0.717, 1.165) is 11.6 Å². The van der Waals surface area contributed by atoms with Crippen molar-refractivity contribution in [3.8, 4) is 0 Å². The summed E-state index contributed by atoms with van der Waals surface area (Å²) in [5.41, 5.74) is 2.24. The largest absolute Gasteiger partial charge is 0.455 e. The molecular formula is C28H33ClN4O3. The Morgan fingerprint density at radius 3 is 2.56 bits per heavy atom. The van der Waals surface area contributed by atoms with Crippen molar-refractivity contribution in [3.05, 3.63) is 82.6 Å². The molecule has 1 saturated carbocycles. The molecule has 1 aliphatic carbocycles. The first-order valence-corrected chi connectivity index (χ1v) is 13.2. The molecule has 1 aromatic heterocycles. The predicted molar refractivity (Wildman–Crippen MR) is 138 cm³/mol. The number of halogens is 1. The summed E-state index contributed by atoms with van der Waals surface area (Å²) in [6.45, 7) is 1.72. The summed E-state index contributed by atoms with van der Waals surface area (Å²) in [5, 5.41) is 20.4. The van der Waals surface area contributed by atoms with Gasteiger partial charge in [-0.2, -0.15) is 0 Å². The van der Waals surface area contributed by atoms with Gasteiger partial charge in [0.15, 0.2) is 0 Å². The zero-order valence-corrected chi connectivity index (χ0v) is 21.1. The maximum atomic E-state index is 12.3. The lowest BCUT2D eigenvalue weighted by Crippen LogP contribution is -2.47. The first-order chi connectivity index (χ1) is 17.6. The van der Waals surface area contributed by atoms with Gasteiger partial charge in [-0.05, 0) is 55.0 Å². The minimum Gasteiger partial charge on any atom is -0.455 e. The predicted octanol–water partition coefficient (Wildman–Crippen LogP) is 5.22. The van der Waals surface area contributed by atoms with Gasteiger partial charge in [-0.3, -0.25) is 4.90 Å². The fraction of sp³-hybridized carbons (Fsp3) is 0.464. The van der Waals surface area contributed by atoms with Crippen LogP contribution in [0, 0.1) is 5.92 Å². The molecule has 1 aliphatic heterocycles. The summed E-state index contributed by atoms with van der Waals surface area (Å²) in [5.74, 6) is 0.278. The van der Waals surface area contributed by atoms with E-state index in [0.29, 0.717) is 30.1 Å². The molecule has 0 unspecified atom stereocenters. The second-order valence-corrected chi connectivity index (χ2v) is 10.5. The van der Waals surface area contributed by atoms with Crippen LogP contribution in [0.4, 0.5) is 0 Å². The average molecular weight is 509 g/mol. The molecule has 0 spiro atoms. The van der Waals surface area contributed by atoms with Crippen LogP contribution in [-0.2, 0) is 11.3 Å². The lowest BCUT2D eigenvalue weighted by molar-refractivity contribution is -0.0154. The zero-order valence-electron chi connectivity index (χ0n) is 20.4. The number of benzene rings is 2. The van der Waals surface area contributed by atoms with Crippen molar-refractivity contribution in [2.75, 3.05) is 13.1 Å². The first-order valence-electron chi connectivity index (χ1n) is 12.9.